The van der Waals surface area contributed by atoms with Crippen LogP contribution in [0.4, 0.5) is 25.8 Å². The molecule has 2 aromatic carbocycles. The monoisotopic (exact) mass is 394 g/mol. The van der Waals surface area contributed by atoms with E-state index in [1.165, 1.54) is 6.07 Å². The number of benzene rings is 2. The summed E-state index contributed by atoms with van der Waals surface area (Å²) in [4.78, 5) is 3.94. The van der Waals surface area contributed by atoms with Crippen molar-refractivity contribution in [1.82, 2.24) is 10.2 Å². The summed E-state index contributed by atoms with van der Waals surface area (Å²) in [6.45, 7) is 1.82. The normalized spacial score (nSPS) is 23.0. The summed E-state index contributed by atoms with van der Waals surface area (Å²) in [5.41, 5.74) is 0.866. The molecule has 144 valence electrons. The molecule has 0 aromatic heterocycles. The molecule has 2 atom stereocenters. The number of likely N-dealkylation sites (N-methyl/N-ethyl adjacent to an activating group) is 1. The quantitative estimate of drug-likeness (QED) is 0.825. The van der Waals surface area contributed by atoms with Crippen LogP contribution < -0.4 is 15.3 Å². The molecule has 2 aliphatic heterocycles. The highest BCUT2D eigenvalue weighted by molar-refractivity contribution is 6.30. The van der Waals surface area contributed by atoms with E-state index in [1.807, 2.05) is 13.1 Å². The Kier molecular flexibility index (Phi) is 4.94. The number of nitrogens with one attached hydrogen (secondary N) is 1. The number of nitrogens with zero attached hydrogens (tertiary/aromatic N) is 3. The third-order valence-corrected chi connectivity index (χ3v) is 5.34. The van der Waals surface area contributed by atoms with E-state index >= 15 is 0 Å². The van der Waals surface area contributed by atoms with Gasteiger partial charge in [0, 0.05) is 23.3 Å². The van der Waals surface area contributed by atoms with Gasteiger partial charge in [-0.05, 0) is 56.8 Å². The van der Waals surface area contributed by atoms with Crippen molar-refractivity contribution in [3.8, 4) is 0 Å². The van der Waals surface area contributed by atoms with E-state index in [0.29, 0.717) is 16.4 Å². The van der Waals surface area contributed by atoms with Gasteiger partial charge in [0.05, 0.1) is 5.69 Å². The molecule has 1 fully saturated rings. The number of fused-ring (bicyclic) bond motifs is 1. The van der Waals surface area contributed by atoms with Gasteiger partial charge in [0.1, 0.15) is 5.69 Å². The van der Waals surface area contributed by atoms with E-state index in [1.54, 1.807) is 23.1 Å². The molecule has 0 radical (unpaired) electrons. The maximum atomic E-state index is 14.5. The van der Waals surface area contributed by atoms with Gasteiger partial charge in [-0.25, -0.2) is 13.8 Å². The van der Waals surface area contributed by atoms with Gasteiger partial charge in [-0.1, -0.05) is 17.7 Å². The van der Waals surface area contributed by atoms with Crippen molar-refractivity contribution in [2.24, 2.45) is 0 Å². The molecule has 0 saturated carbocycles. The zero-order chi connectivity index (χ0) is 19.1. The minimum atomic E-state index is -1.08. The summed E-state index contributed by atoms with van der Waals surface area (Å²) in [7, 11) is 2.04. The molecule has 2 aliphatic rings. The lowest BCUT2D eigenvalue weighted by atomic mass is 10.1. The van der Waals surface area contributed by atoms with Crippen LogP contribution in [0.5, 0.6) is 0 Å². The molecular weight excluding hydrogens is 374 g/mol. The van der Waals surface area contributed by atoms with Crippen LogP contribution >= 0.6 is 11.6 Å². The minimum absolute atomic E-state index is 0.104. The second-order valence-corrected chi connectivity index (χ2v) is 7.50. The van der Waals surface area contributed by atoms with E-state index in [9.17, 15) is 14.0 Å². The average molecular weight is 395 g/mol. The van der Waals surface area contributed by atoms with E-state index < -0.39 is 17.9 Å². The zero-order valence-corrected chi connectivity index (χ0v) is 15.6. The molecule has 1 saturated heterocycles. The fraction of sp³-hybridized carbons (Fsp3) is 0.368. The minimum Gasteiger partial charge on any atom is -0.305 e. The number of likely N-dealkylation sites (tertiary alicyclic amines) is 1. The van der Waals surface area contributed by atoms with Crippen LogP contribution in [0.1, 0.15) is 12.8 Å². The highest BCUT2D eigenvalue weighted by atomic mass is 35.5. The highest BCUT2D eigenvalue weighted by Crippen LogP contribution is 2.45. The molecule has 8 heteroatoms. The average Bonchev–Trinajstić information content (AvgIpc) is 2.91. The summed E-state index contributed by atoms with van der Waals surface area (Å²) >= 11 is 6.14. The Balaban J connectivity index is 1.75. The van der Waals surface area contributed by atoms with Gasteiger partial charge in [0.25, 0.3) is 0 Å². The smallest absolute Gasteiger partial charge is 0.186 e. The van der Waals surface area contributed by atoms with Crippen LogP contribution in [0.25, 0.3) is 0 Å². The van der Waals surface area contributed by atoms with Gasteiger partial charge >= 0.3 is 0 Å². The fourth-order valence-corrected chi connectivity index (χ4v) is 4.05. The van der Waals surface area contributed by atoms with Crippen LogP contribution in [-0.4, -0.2) is 42.6 Å². The van der Waals surface area contributed by atoms with Crippen molar-refractivity contribution in [3.05, 3.63) is 53.1 Å². The number of hydrogen-bond acceptors (Lipinski definition) is 5. The first-order valence-corrected chi connectivity index (χ1v) is 9.29. The lowest BCUT2D eigenvalue weighted by molar-refractivity contribution is 0.167. The summed E-state index contributed by atoms with van der Waals surface area (Å²) < 4.78 is 28.3. The Labute approximate surface area is 161 Å². The Morgan fingerprint density at radius 2 is 2.04 bits per heavy atom. The van der Waals surface area contributed by atoms with E-state index in [2.05, 4.69) is 10.2 Å². The Bertz CT molecular complexity index is 852. The standard InChI is InChI=1S/C19H21ClF2N4O/c1-24-9-3-5-13(11-24)23-19-25(14-6-2-4-12(20)10-14)16-8-7-15(21)17(22)18(16)26(19)27/h2,4,6-8,10,13,19,23,27H,3,5,9,11H2,1H3/t13?,19-/m1/s1. The Hall–Kier alpha value is -1.93. The van der Waals surface area contributed by atoms with Crippen molar-refractivity contribution in [3.63, 3.8) is 0 Å². The van der Waals surface area contributed by atoms with Gasteiger partial charge in [-0.15, -0.1) is 0 Å². The van der Waals surface area contributed by atoms with Crippen LogP contribution in [0, 0.1) is 11.6 Å². The first-order valence-electron chi connectivity index (χ1n) is 8.91. The van der Waals surface area contributed by atoms with Crippen LogP contribution in [-0.2, 0) is 0 Å². The first kappa shape index (κ1) is 18.4. The van der Waals surface area contributed by atoms with Crippen molar-refractivity contribution in [2.75, 3.05) is 30.1 Å². The maximum Gasteiger partial charge on any atom is 0.186 e. The highest BCUT2D eigenvalue weighted by Gasteiger charge is 2.41. The van der Waals surface area contributed by atoms with Gasteiger partial charge < -0.3 is 9.80 Å². The third-order valence-electron chi connectivity index (χ3n) is 5.11. The van der Waals surface area contributed by atoms with E-state index in [4.69, 9.17) is 11.6 Å². The Morgan fingerprint density at radius 1 is 1.22 bits per heavy atom. The van der Waals surface area contributed by atoms with Crippen molar-refractivity contribution >= 4 is 28.7 Å². The number of hydroxylamine groups is 1. The van der Waals surface area contributed by atoms with Gasteiger partial charge in [0.2, 0.25) is 0 Å². The number of anilines is 3. The second kappa shape index (κ2) is 7.24. The molecule has 2 N–H and O–H groups in total. The number of piperidine rings is 1. The molecule has 2 aromatic rings. The molecule has 0 amide bonds. The lowest BCUT2D eigenvalue weighted by Gasteiger charge is -2.37. The third kappa shape index (κ3) is 3.36. The SMILES string of the molecule is CN1CCCC(N[C@H]2N(O)c3c(ccc(F)c3F)N2c2cccc(Cl)c2)C1. The predicted octanol–water partition coefficient (Wildman–Crippen LogP) is 3.93. The van der Waals surface area contributed by atoms with Gasteiger partial charge in [0.15, 0.2) is 17.9 Å². The van der Waals surface area contributed by atoms with Crippen molar-refractivity contribution < 1.29 is 14.0 Å². The molecule has 27 heavy (non-hydrogen) atoms. The number of rotatable bonds is 3. The van der Waals surface area contributed by atoms with Crippen molar-refractivity contribution in [2.45, 2.75) is 25.2 Å². The molecule has 0 aliphatic carbocycles. The molecular formula is C19H21ClF2N4O. The van der Waals surface area contributed by atoms with Crippen LogP contribution in [0.3, 0.4) is 0 Å². The summed E-state index contributed by atoms with van der Waals surface area (Å²) in [5.74, 6) is -2.08. The Morgan fingerprint density at radius 3 is 2.78 bits per heavy atom. The topological polar surface area (TPSA) is 42.0 Å². The molecule has 4 rings (SSSR count). The molecule has 1 unspecified atom stereocenters. The van der Waals surface area contributed by atoms with Crippen molar-refractivity contribution in [1.29, 1.82) is 0 Å². The lowest BCUT2D eigenvalue weighted by Crippen LogP contribution is -2.57. The zero-order valence-electron chi connectivity index (χ0n) is 14.9. The van der Waals surface area contributed by atoms with Gasteiger partial charge in [-0.3, -0.25) is 10.5 Å². The van der Waals surface area contributed by atoms with E-state index in [0.717, 1.165) is 37.1 Å². The number of halogens is 3. The molecule has 5 nitrogen and oxygen atoms in total. The second-order valence-electron chi connectivity index (χ2n) is 7.07. The van der Waals surface area contributed by atoms with Crippen LogP contribution in [0.15, 0.2) is 36.4 Å². The molecule has 0 bridgehead atoms. The fourth-order valence-electron chi connectivity index (χ4n) is 3.87. The summed E-state index contributed by atoms with van der Waals surface area (Å²) in [6, 6.07) is 9.70. The summed E-state index contributed by atoms with van der Waals surface area (Å²) in [5, 5.41) is 15.4. The van der Waals surface area contributed by atoms with E-state index in [-0.39, 0.29) is 11.7 Å². The maximum absolute atomic E-state index is 14.5. The molecule has 0 spiro atoms. The largest absolute Gasteiger partial charge is 0.305 e. The summed E-state index contributed by atoms with van der Waals surface area (Å²) in [6.07, 6.45) is 1.19. The van der Waals surface area contributed by atoms with Gasteiger partial charge in [-0.2, -0.15) is 0 Å². The first-order chi connectivity index (χ1) is 13.0. The van der Waals surface area contributed by atoms with Crippen LogP contribution in [0.2, 0.25) is 5.02 Å². The predicted molar refractivity (Wildman–Crippen MR) is 102 cm³/mol. The molecule has 2 heterocycles. The number of hydrogen-bond donors (Lipinski definition) is 2.